The quantitative estimate of drug-likeness (QED) is 0.368. The number of pyridine rings is 1. The van der Waals surface area contributed by atoms with E-state index in [9.17, 15) is 10.2 Å². The van der Waals surface area contributed by atoms with Crippen LogP contribution in [-0.2, 0) is 6.54 Å². The Morgan fingerprint density at radius 1 is 0.708 bits per heavy atom. The fourth-order valence-electron chi connectivity index (χ4n) is 3.12. The molecule has 0 amide bonds. The minimum Gasteiger partial charge on any atom is -0.393 e. The van der Waals surface area contributed by atoms with Crippen molar-refractivity contribution in [1.82, 2.24) is 0 Å². The molecule has 0 aromatic carbocycles. The van der Waals surface area contributed by atoms with Gasteiger partial charge >= 0.3 is 0 Å². The molecule has 0 aliphatic carbocycles. The smallest absolute Gasteiger partial charge is 0.168 e. The third-order valence-corrected chi connectivity index (χ3v) is 4.68. The number of aryl methyl sites for hydroxylation is 1. The molecule has 0 bridgehead atoms. The summed E-state index contributed by atoms with van der Waals surface area (Å²) in [6.07, 6.45) is 17.0. The Balaban J connectivity index is 1.94. The lowest BCUT2D eigenvalue weighted by Crippen LogP contribution is -2.34. The van der Waals surface area contributed by atoms with Gasteiger partial charge in [0, 0.05) is 18.6 Å². The van der Waals surface area contributed by atoms with Gasteiger partial charge in [-0.2, -0.15) is 0 Å². The van der Waals surface area contributed by atoms with Crippen LogP contribution in [0.1, 0.15) is 84.0 Å². The third kappa shape index (κ3) is 11.6. The molecular weight excluding hydrogens is 298 g/mol. The van der Waals surface area contributed by atoms with E-state index in [-0.39, 0.29) is 6.10 Å². The van der Waals surface area contributed by atoms with Crippen LogP contribution in [0.4, 0.5) is 0 Å². The van der Waals surface area contributed by atoms with E-state index in [2.05, 4.69) is 11.5 Å². The average molecular weight is 337 g/mol. The van der Waals surface area contributed by atoms with Crippen LogP contribution in [0.25, 0.3) is 0 Å². The van der Waals surface area contributed by atoms with E-state index < -0.39 is 6.10 Å². The van der Waals surface area contributed by atoms with Gasteiger partial charge < -0.3 is 10.2 Å². The molecule has 1 aromatic heterocycles. The van der Waals surface area contributed by atoms with Gasteiger partial charge in [0.05, 0.1) is 12.2 Å². The molecule has 2 N–H and O–H groups in total. The molecule has 2 atom stereocenters. The molecule has 3 heteroatoms. The maximum atomic E-state index is 10.1. The highest BCUT2D eigenvalue weighted by molar-refractivity contribution is 4.83. The predicted octanol–water partition coefficient (Wildman–Crippen LogP) is 4.40. The van der Waals surface area contributed by atoms with Crippen LogP contribution in [0.3, 0.4) is 0 Å². The Kier molecular flexibility index (Phi) is 12.7. The second-order valence-electron chi connectivity index (χ2n) is 7.06. The van der Waals surface area contributed by atoms with Crippen molar-refractivity contribution in [3.05, 3.63) is 30.6 Å². The summed E-state index contributed by atoms with van der Waals surface area (Å²) < 4.78 is 2.07. The minimum atomic E-state index is -0.411. The fraction of sp³-hybridized carbons (Fsp3) is 0.762. The molecule has 1 aromatic rings. The zero-order valence-corrected chi connectivity index (χ0v) is 15.6. The molecule has 0 spiro atoms. The second kappa shape index (κ2) is 14.4. The molecule has 1 rings (SSSR count). The van der Waals surface area contributed by atoms with E-state index in [1.165, 1.54) is 51.4 Å². The van der Waals surface area contributed by atoms with Crippen LogP contribution in [-0.4, -0.2) is 22.4 Å². The normalized spacial score (nSPS) is 13.8. The Hall–Kier alpha value is -0.930. The summed E-state index contributed by atoms with van der Waals surface area (Å²) in [4.78, 5) is 0. The van der Waals surface area contributed by atoms with Crippen LogP contribution in [0.15, 0.2) is 30.6 Å². The molecule has 1 heterocycles. The number of aromatic nitrogens is 1. The zero-order chi connectivity index (χ0) is 17.5. The predicted molar refractivity (Wildman–Crippen MR) is 99.7 cm³/mol. The molecule has 138 valence electrons. The van der Waals surface area contributed by atoms with Crippen molar-refractivity contribution in [2.45, 2.75) is 103 Å². The molecule has 24 heavy (non-hydrogen) atoms. The van der Waals surface area contributed by atoms with Crippen molar-refractivity contribution >= 4 is 0 Å². The van der Waals surface area contributed by atoms with Gasteiger partial charge in [-0.25, -0.2) is 4.57 Å². The molecule has 0 saturated heterocycles. The van der Waals surface area contributed by atoms with Crippen LogP contribution < -0.4 is 4.57 Å². The number of nitrogens with zero attached hydrogens (tertiary/aromatic N) is 1. The first-order chi connectivity index (χ1) is 11.7. The molecule has 0 saturated carbocycles. The first kappa shape index (κ1) is 21.1. The van der Waals surface area contributed by atoms with Crippen molar-refractivity contribution in [2.75, 3.05) is 0 Å². The molecule has 2 unspecified atom stereocenters. The standard InChI is InChI=1S/C21H38NO2/c1-2-3-4-5-6-7-8-9-11-14-20(23)19-21(24)15-18-22-16-12-10-13-17-22/h10,12-13,16-17,20-21,23-24H,2-9,11,14-15,18-19H2,1H3/q+1. The summed E-state index contributed by atoms with van der Waals surface area (Å²) in [7, 11) is 0. The lowest BCUT2D eigenvalue weighted by molar-refractivity contribution is -0.698. The van der Waals surface area contributed by atoms with Gasteiger partial charge in [-0.3, -0.25) is 0 Å². The van der Waals surface area contributed by atoms with Gasteiger partial charge in [0.1, 0.15) is 0 Å². The monoisotopic (exact) mass is 336 g/mol. The SMILES string of the molecule is CCCCCCCCCCCC(O)CC(O)CC[n+]1ccccc1. The number of hydrogen-bond acceptors (Lipinski definition) is 2. The Bertz CT molecular complexity index is 383. The maximum Gasteiger partial charge on any atom is 0.168 e. The summed E-state index contributed by atoms with van der Waals surface area (Å²) in [6.45, 7) is 3.05. The van der Waals surface area contributed by atoms with E-state index in [1.54, 1.807) is 0 Å². The summed E-state index contributed by atoms with van der Waals surface area (Å²) in [5.41, 5.74) is 0. The molecule has 0 aliphatic rings. The van der Waals surface area contributed by atoms with Crippen LogP contribution in [0.2, 0.25) is 0 Å². The highest BCUT2D eigenvalue weighted by atomic mass is 16.3. The largest absolute Gasteiger partial charge is 0.393 e. The van der Waals surface area contributed by atoms with Crippen molar-refractivity contribution < 1.29 is 14.8 Å². The Labute approximate surface area is 148 Å². The van der Waals surface area contributed by atoms with E-state index >= 15 is 0 Å². The van der Waals surface area contributed by atoms with Gasteiger partial charge in [0.2, 0.25) is 0 Å². The third-order valence-electron chi connectivity index (χ3n) is 4.68. The molecule has 0 radical (unpaired) electrons. The van der Waals surface area contributed by atoms with E-state index in [0.717, 1.165) is 19.4 Å². The van der Waals surface area contributed by atoms with Gasteiger partial charge in [-0.05, 0) is 12.8 Å². The van der Waals surface area contributed by atoms with E-state index in [0.29, 0.717) is 12.8 Å². The Morgan fingerprint density at radius 2 is 1.25 bits per heavy atom. The second-order valence-corrected chi connectivity index (χ2v) is 7.06. The fourth-order valence-corrected chi connectivity index (χ4v) is 3.12. The highest BCUT2D eigenvalue weighted by Crippen LogP contribution is 2.13. The average Bonchev–Trinajstić information content (AvgIpc) is 2.59. The van der Waals surface area contributed by atoms with E-state index in [1.807, 2.05) is 30.6 Å². The van der Waals surface area contributed by atoms with Gasteiger partial charge in [-0.15, -0.1) is 0 Å². The summed E-state index contributed by atoms with van der Waals surface area (Å²) in [5, 5.41) is 20.1. The topological polar surface area (TPSA) is 44.3 Å². The first-order valence-corrected chi connectivity index (χ1v) is 10.0. The summed E-state index contributed by atoms with van der Waals surface area (Å²) in [6, 6.07) is 5.97. The lowest BCUT2D eigenvalue weighted by Gasteiger charge is -2.14. The van der Waals surface area contributed by atoms with Gasteiger partial charge in [-0.1, -0.05) is 70.8 Å². The number of hydrogen-bond donors (Lipinski definition) is 2. The zero-order valence-electron chi connectivity index (χ0n) is 15.6. The number of aliphatic hydroxyl groups is 2. The molecular formula is C21H38NO2+. The highest BCUT2D eigenvalue weighted by Gasteiger charge is 2.13. The van der Waals surface area contributed by atoms with Crippen molar-refractivity contribution in [3.63, 3.8) is 0 Å². The van der Waals surface area contributed by atoms with Crippen molar-refractivity contribution in [1.29, 1.82) is 0 Å². The molecule has 0 fully saturated rings. The first-order valence-electron chi connectivity index (χ1n) is 10.0. The molecule has 3 nitrogen and oxygen atoms in total. The van der Waals surface area contributed by atoms with Gasteiger partial charge in [0.25, 0.3) is 0 Å². The number of aliphatic hydroxyl groups excluding tert-OH is 2. The van der Waals surface area contributed by atoms with E-state index in [4.69, 9.17) is 0 Å². The van der Waals surface area contributed by atoms with Crippen LogP contribution in [0, 0.1) is 0 Å². The minimum absolute atomic E-state index is 0.356. The van der Waals surface area contributed by atoms with Crippen LogP contribution >= 0.6 is 0 Å². The summed E-state index contributed by atoms with van der Waals surface area (Å²) in [5.74, 6) is 0. The van der Waals surface area contributed by atoms with Crippen molar-refractivity contribution in [2.24, 2.45) is 0 Å². The lowest BCUT2D eigenvalue weighted by atomic mass is 10.0. The number of rotatable bonds is 15. The van der Waals surface area contributed by atoms with Gasteiger partial charge in [0.15, 0.2) is 18.9 Å². The molecule has 0 aliphatic heterocycles. The maximum absolute atomic E-state index is 10.1. The number of unbranched alkanes of at least 4 members (excludes halogenated alkanes) is 8. The van der Waals surface area contributed by atoms with Crippen molar-refractivity contribution in [3.8, 4) is 0 Å². The Morgan fingerprint density at radius 3 is 1.88 bits per heavy atom. The summed E-state index contributed by atoms with van der Waals surface area (Å²) >= 11 is 0. The van der Waals surface area contributed by atoms with Crippen LogP contribution in [0.5, 0.6) is 0 Å².